The molecular formula is C21H24N2O. The second kappa shape index (κ2) is 6.40. The summed E-state index contributed by atoms with van der Waals surface area (Å²) in [4.78, 5) is 15.0. The number of hydrogen-bond donors (Lipinski definition) is 1. The Labute approximate surface area is 143 Å². The molecule has 0 aromatic heterocycles. The lowest BCUT2D eigenvalue weighted by atomic mass is 9.67. The minimum atomic E-state index is -0.0361. The van der Waals surface area contributed by atoms with Crippen molar-refractivity contribution in [1.82, 2.24) is 4.90 Å². The zero-order valence-corrected chi connectivity index (χ0v) is 13.9. The van der Waals surface area contributed by atoms with E-state index in [1.807, 2.05) is 23.1 Å². The number of carbonyl (C=O) groups excluding carboxylic acids is 1. The number of fused-ring (bicyclic) bond motifs is 1. The minimum absolute atomic E-state index is 0.0361. The van der Waals surface area contributed by atoms with Crippen molar-refractivity contribution in [2.75, 3.05) is 6.54 Å². The number of amides is 1. The fraction of sp³-hybridized carbons (Fsp3) is 0.381. The lowest BCUT2D eigenvalue weighted by molar-refractivity contribution is -0.142. The quantitative estimate of drug-likeness (QED) is 0.943. The van der Waals surface area contributed by atoms with Gasteiger partial charge in [0.25, 0.3) is 0 Å². The highest BCUT2D eigenvalue weighted by atomic mass is 16.2. The second-order valence-corrected chi connectivity index (χ2v) is 7.06. The van der Waals surface area contributed by atoms with Crippen molar-refractivity contribution in [3.8, 4) is 0 Å². The summed E-state index contributed by atoms with van der Waals surface area (Å²) in [6.07, 6.45) is 2.99. The molecule has 3 atom stereocenters. The molecule has 2 N–H and O–H groups in total. The molecule has 3 heteroatoms. The van der Waals surface area contributed by atoms with Gasteiger partial charge in [-0.3, -0.25) is 4.79 Å². The monoisotopic (exact) mass is 320 g/mol. The summed E-state index contributed by atoms with van der Waals surface area (Å²) >= 11 is 0. The first-order valence-corrected chi connectivity index (χ1v) is 8.90. The highest BCUT2D eigenvalue weighted by molar-refractivity contribution is 5.80. The molecule has 0 radical (unpaired) electrons. The van der Waals surface area contributed by atoms with Crippen LogP contribution in [0.4, 0.5) is 0 Å². The van der Waals surface area contributed by atoms with Gasteiger partial charge in [-0.1, -0.05) is 54.6 Å². The summed E-state index contributed by atoms with van der Waals surface area (Å²) in [5.74, 6) is 0.662. The molecule has 0 spiro atoms. The molecule has 1 fully saturated rings. The van der Waals surface area contributed by atoms with Crippen molar-refractivity contribution < 1.29 is 4.79 Å². The molecule has 3 nitrogen and oxygen atoms in total. The van der Waals surface area contributed by atoms with Gasteiger partial charge in [0.1, 0.15) is 0 Å². The zero-order valence-electron chi connectivity index (χ0n) is 13.9. The third kappa shape index (κ3) is 2.73. The Bertz CT molecular complexity index is 728. The molecule has 0 bridgehead atoms. The van der Waals surface area contributed by atoms with Crippen LogP contribution in [0.1, 0.15) is 35.6 Å². The van der Waals surface area contributed by atoms with Crippen molar-refractivity contribution >= 4 is 5.91 Å². The maximum atomic E-state index is 13.0. The average molecular weight is 320 g/mol. The zero-order chi connectivity index (χ0) is 16.5. The van der Waals surface area contributed by atoms with E-state index in [0.717, 1.165) is 37.9 Å². The number of nitrogens with zero attached hydrogens (tertiary/aromatic N) is 1. The highest BCUT2D eigenvalue weighted by Gasteiger charge is 2.42. The van der Waals surface area contributed by atoms with E-state index in [1.165, 1.54) is 11.1 Å². The summed E-state index contributed by atoms with van der Waals surface area (Å²) < 4.78 is 0. The van der Waals surface area contributed by atoms with Crippen LogP contribution in [-0.2, 0) is 17.8 Å². The summed E-state index contributed by atoms with van der Waals surface area (Å²) in [6.45, 7) is 1.58. The van der Waals surface area contributed by atoms with Crippen molar-refractivity contribution in [3.63, 3.8) is 0 Å². The molecule has 1 amide bonds. The van der Waals surface area contributed by atoms with Crippen LogP contribution in [0.15, 0.2) is 54.6 Å². The number of rotatable bonds is 3. The summed E-state index contributed by atoms with van der Waals surface area (Å²) in [5.41, 5.74) is 10.3. The SMILES string of the molecule is NC(c1ccccc1)[C@@H]1CC[C@H]1C(=O)N1CCc2ccccc2C1. The highest BCUT2D eigenvalue weighted by Crippen LogP contribution is 2.43. The molecule has 124 valence electrons. The van der Waals surface area contributed by atoms with Crippen molar-refractivity contribution in [2.45, 2.75) is 31.8 Å². The number of benzene rings is 2. The Morgan fingerprint density at radius 3 is 2.42 bits per heavy atom. The normalized spacial score (nSPS) is 24.0. The molecule has 1 heterocycles. The van der Waals surface area contributed by atoms with E-state index >= 15 is 0 Å². The van der Waals surface area contributed by atoms with Crippen LogP contribution in [0.5, 0.6) is 0 Å². The Hall–Kier alpha value is -2.13. The molecule has 0 saturated heterocycles. The van der Waals surface area contributed by atoms with E-state index in [9.17, 15) is 4.79 Å². The predicted octanol–water partition coefficient (Wildman–Crippen LogP) is 3.30. The van der Waals surface area contributed by atoms with E-state index in [4.69, 9.17) is 5.73 Å². The first-order valence-electron chi connectivity index (χ1n) is 8.90. The van der Waals surface area contributed by atoms with E-state index in [2.05, 4.69) is 36.4 Å². The first-order chi connectivity index (χ1) is 11.7. The number of carbonyl (C=O) groups is 1. The third-order valence-corrected chi connectivity index (χ3v) is 5.73. The van der Waals surface area contributed by atoms with Gasteiger partial charge in [0, 0.05) is 25.0 Å². The number of hydrogen-bond acceptors (Lipinski definition) is 2. The Kier molecular flexibility index (Phi) is 4.11. The molecule has 2 aromatic carbocycles. The largest absolute Gasteiger partial charge is 0.338 e. The van der Waals surface area contributed by atoms with Crippen LogP contribution in [0.2, 0.25) is 0 Å². The molecule has 1 saturated carbocycles. The minimum Gasteiger partial charge on any atom is -0.338 e. The van der Waals surface area contributed by atoms with Gasteiger partial charge in [-0.2, -0.15) is 0 Å². The van der Waals surface area contributed by atoms with E-state index in [1.54, 1.807) is 0 Å². The van der Waals surface area contributed by atoms with Crippen LogP contribution in [0.25, 0.3) is 0 Å². The summed E-state index contributed by atoms with van der Waals surface area (Å²) in [7, 11) is 0. The van der Waals surface area contributed by atoms with Gasteiger partial charge >= 0.3 is 0 Å². The van der Waals surface area contributed by atoms with Crippen LogP contribution in [0.3, 0.4) is 0 Å². The van der Waals surface area contributed by atoms with E-state index in [-0.39, 0.29) is 17.9 Å². The van der Waals surface area contributed by atoms with Gasteiger partial charge in [0.15, 0.2) is 0 Å². The van der Waals surface area contributed by atoms with Crippen LogP contribution < -0.4 is 5.73 Å². The van der Waals surface area contributed by atoms with Crippen molar-refractivity contribution in [1.29, 1.82) is 0 Å². The molecule has 4 rings (SSSR count). The Balaban J connectivity index is 1.46. The van der Waals surface area contributed by atoms with Crippen molar-refractivity contribution in [2.24, 2.45) is 17.6 Å². The van der Waals surface area contributed by atoms with Gasteiger partial charge in [-0.25, -0.2) is 0 Å². The first kappa shape index (κ1) is 15.4. The molecule has 1 aliphatic heterocycles. The summed E-state index contributed by atoms with van der Waals surface area (Å²) in [5, 5.41) is 0. The van der Waals surface area contributed by atoms with Gasteiger partial charge in [0.2, 0.25) is 5.91 Å². The van der Waals surface area contributed by atoms with E-state index < -0.39 is 0 Å². The van der Waals surface area contributed by atoms with Gasteiger partial charge in [-0.15, -0.1) is 0 Å². The smallest absolute Gasteiger partial charge is 0.226 e. The lowest BCUT2D eigenvalue weighted by Crippen LogP contribution is -2.48. The van der Waals surface area contributed by atoms with Crippen molar-refractivity contribution in [3.05, 3.63) is 71.3 Å². The fourth-order valence-corrected chi connectivity index (χ4v) is 4.10. The standard InChI is InChI=1S/C21H24N2O/c22-20(16-7-2-1-3-8-16)18-10-11-19(18)21(24)23-13-12-15-6-4-5-9-17(15)14-23/h1-9,18-20H,10-14,22H2/t18-,19-,20?/m1/s1. The molecule has 2 aliphatic rings. The maximum absolute atomic E-state index is 13.0. The topological polar surface area (TPSA) is 46.3 Å². The molecule has 24 heavy (non-hydrogen) atoms. The van der Waals surface area contributed by atoms with Crippen LogP contribution in [0, 0.1) is 11.8 Å². The average Bonchev–Trinajstić information content (AvgIpc) is 2.61. The molecule has 1 unspecified atom stereocenters. The second-order valence-electron chi connectivity index (χ2n) is 7.06. The molecule has 2 aromatic rings. The number of nitrogens with two attached hydrogens (primary N) is 1. The van der Waals surface area contributed by atoms with Gasteiger partial charge in [-0.05, 0) is 41.9 Å². The maximum Gasteiger partial charge on any atom is 0.226 e. The van der Waals surface area contributed by atoms with Crippen LogP contribution in [-0.4, -0.2) is 17.4 Å². The predicted molar refractivity (Wildman–Crippen MR) is 95.1 cm³/mol. The van der Waals surface area contributed by atoms with E-state index in [0.29, 0.717) is 5.91 Å². The summed E-state index contributed by atoms with van der Waals surface area (Å²) in [6, 6.07) is 18.6. The van der Waals surface area contributed by atoms with Gasteiger partial charge < -0.3 is 10.6 Å². The molecule has 1 aliphatic carbocycles. The molecular weight excluding hydrogens is 296 g/mol. The fourth-order valence-electron chi connectivity index (χ4n) is 4.10. The third-order valence-electron chi connectivity index (χ3n) is 5.73. The van der Waals surface area contributed by atoms with Gasteiger partial charge in [0.05, 0.1) is 0 Å². The Morgan fingerprint density at radius 1 is 1.00 bits per heavy atom. The van der Waals surface area contributed by atoms with Crippen LogP contribution >= 0.6 is 0 Å². The lowest BCUT2D eigenvalue weighted by Gasteiger charge is -2.43. The Morgan fingerprint density at radius 2 is 1.71 bits per heavy atom.